The number of nitrogens with one attached hydrogen (secondary N) is 1. The van der Waals surface area contributed by atoms with Crippen LogP contribution in [0.4, 0.5) is 0 Å². The average Bonchev–Trinajstić information content (AvgIpc) is 3.05. The Balaban J connectivity index is 1.63. The van der Waals surface area contributed by atoms with Gasteiger partial charge in [-0.1, -0.05) is 55.0 Å². The lowest BCUT2D eigenvalue weighted by Crippen LogP contribution is -2.54. The van der Waals surface area contributed by atoms with Gasteiger partial charge < -0.3 is 15.5 Å². The van der Waals surface area contributed by atoms with Crippen LogP contribution in [0.15, 0.2) is 60.7 Å². The van der Waals surface area contributed by atoms with E-state index in [0.717, 1.165) is 24.2 Å². The van der Waals surface area contributed by atoms with Gasteiger partial charge in [0.2, 0.25) is 11.7 Å². The Kier molecular flexibility index (Phi) is 7.72. The van der Waals surface area contributed by atoms with Crippen molar-refractivity contribution in [3.8, 4) is 0 Å². The Morgan fingerprint density at radius 2 is 1.53 bits per heavy atom. The number of aryl methyl sites for hydroxylation is 1. The van der Waals surface area contributed by atoms with Crippen molar-refractivity contribution in [2.75, 3.05) is 0 Å². The predicted octanol–water partition coefficient (Wildman–Crippen LogP) is 1.77. The fourth-order valence-electron chi connectivity index (χ4n) is 3.81. The molecule has 168 valence electrons. The van der Waals surface area contributed by atoms with Crippen molar-refractivity contribution < 1.29 is 29.4 Å². The van der Waals surface area contributed by atoms with Crippen molar-refractivity contribution >= 4 is 23.6 Å². The molecule has 1 saturated heterocycles. The van der Waals surface area contributed by atoms with Gasteiger partial charge in [0, 0.05) is 12.0 Å². The molecule has 2 aromatic rings. The molecule has 3 atom stereocenters. The van der Waals surface area contributed by atoms with Gasteiger partial charge in [-0.05, 0) is 37.0 Å². The van der Waals surface area contributed by atoms with Crippen molar-refractivity contribution in [3.63, 3.8) is 0 Å². The Morgan fingerprint density at radius 1 is 0.906 bits per heavy atom. The number of unbranched alkanes of at least 4 members (excludes halogenated alkanes) is 2. The fraction of sp³-hybridized carbons (Fsp3) is 0.333. The van der Waals surface area contributed by atoms with Gasteiger partial charge in [0.25, 0.3) is 5.91 Å². The molecule has 0 spiro atoms. The lowest BCUT2D eigenvalue weighted by Gasteiger charge is -2.27. The van der Waals surface area contributed by atoms with E-state index in [1.54, 1.807) is 18.2 Å². The van der Waals surface area contributed by atoms with Crippen LogP contribution in [0.1, 0.15) is 41.6 Å². The molecule has 2 aromatic carbocycles. The molecule has 2 unspecified atom stereocenters. The fourth-order valence-corrected chi connectivity index (χ4v) is 3.81. The zero-order valence-corrected chi connectivity index (χ0v) is 17.5. The number of nitrogens with zero attached hydrogens (tertiary/aromatic N) is 1. The van der Waals surface area contributed by atoms with E-state index in [-0.39, 0.29) is 12.0 Å². The Labute approximate surface area is 185 Å². The van der Waals surface area contributed by atoms with Gasteiger partial charge in [0.15, 0.2) is 12.2 Å². The van der Waals surface area contributed by atoms with Crippen LogP contribution in [-0.4, -0.2) is 57.0 Å². The molecule has 1 aliphatic heterocycles. The van der Waals surface area contributed by atoms with Gasteiger partial charge in [-0.2, -0.15) is 0 Å². The summed E-state index contributed by atoms with van der Waals surface area (Å²) in [7, 11) is 0. The molecule has 1 fully saturated rings. The molecule has 3 N–H and O–H groups in total. The molecule has 8 heteroatoms. The number of ketones is 1. The predicted molar refractivity (Wildman–Crippen MR) is 116 cm³/mol. The molecule has 1 aliphatic rings. The molecule has 8 nitrogen and oxygen atoms in total. The quantitative estimate of drug-likeness (QED) is 0.513. The lowest BCUT2D eigenvalue weighted by molar-refractivity contribution is -0.152. The minimum Gasteiger partial charge on any atom is -0.480 e. The molecule has 3 rings (SSSR count). The normalized spacial score (nSPS) is 20.2. The topological polar surface area (TPSA) is 124 Å². The van der Waals surface area contributed by atoms with Crippen molar-refractivity contribution in [2.45, 2.75) is 50.4 Å². The number of aliphatic hydroxyl groups excluding tert-OH is 1. The first-order valence-corrected chi connectivity index (χ1v) is 10.6. The zero-order chi connectivity index (χ0) is 23.1. The summed E-state index contributed by atoms with van der Waals surface area (Å²) in [4.78, 5) is 50.4. The number of likely N-dealkylation sites (tertiary alicyclic amines) is 1. The highest BCUT2D eigenvalue weighted by Crippen LogP contribution is 2.23. The minimum atomic E-state index is -1.91. The van der Waals surface area contributed by atoms with Crippen LogP contribution in [0.25, 0.3) is 0 Å². The van der Waals surface area contributed by atoms with Crippen LogP contribution in [0.2, 0.25) is 0 Å². The molecule has 0 radical (unpaired) electrons. The molecule has 1 heterocycles. The lowest BCUT2D eigenvalue weighted by atomic mass is 10.1. The van der Waals surface area contributed by atoms with E-state index in [1.165, 1.54) is 17.7 Å². The van der Waals surface area contributed by atoms with E-state index in [1.807, 2.05) is 30.3 Å². The number of Topliss-reactive ketones (excluding diaryl/α,β-unsaturated/α-hetero) is 1. The summed E-state index contributed by atoms with van der Waals surface area (Å²) in [5.74, 6) is -3.65. The molecule has 0 bridgehead atoms. The van der Waals surface area contributed by atoms with Gasteiger partial charge in [0.05, 0.1) is 0 Å². The summed E-state index contributed by atoms with van der Waals surface area (Å²) >= 11 is 0. The monoisotopic (exact) mass is 438 g/mol. The number of carbonyl (C=O) groups is 4. The van der Waals surface area contributed by atoms with E-state index in [4.69, 9.17) is 0 Å². The number of aliphatic carboxylic acids is 1. The third-order valence-electron chi connectivity index (χ3n) is 5.48. The van der Waals surface area contributed by atoms with Gasteiger partial charge in [0.1, 0.15) is 6.10 Å². The number of hydrogen-bond donors (Lipinski definition) is 3. The molecule has 32 heavy (non-hydrogen) atoms. The van der Waals surface area contributed by atoms with Crippen LogP contribution in [0, 0.1) is 0 Å². The number of carboxylic acid groups (broad SMARTS) is 1. The second-order valence-corrected chi connectivity index (χ2v) is 7.72. The smallest absolute Gasteiger partial charge is 0.329 e. The maximum absolute atomic E-state index is 12.9. The summed E-state index contributed by atoms with van der Waals surface area (Å²) in [6.45, 7) is 0. The van der Waals surface area contributed by atoms with E-state index in [9.17, 15) is 29.4 Å². The van der Waals surface area contributed by atoms with Gasteiger partial charge in [-0.25, -0.2) is 4.79 Å². The first-order chi connectivity index (χ1) is 15.4. The van der Waals surface area contributed by atoms with Crippen molar-refractivity contribution in [1.29, 1.82) is 0 Å². The van der Waals surface area contributed by atoms with Crippen LogP contribution in [0.5, 0.6) is 0 Å². The minimum absolute atomic E-state index is 0.0102. The zero-order valence-electron chi connectivity index (χ0n) is 17.5. The summed E-state index contributed by atoms with van der Waals surface area (Å²) in [6, 6.07) is 16.2. The van der Waals surface area contributed by atoms with E-state index in [2.05, 4.69) is 5.32 Å². The molecular formula is C24H26N2O6. The second-order valence-electron chi connectivity index (χ2n) is 7.72. The molecule has 0 saturated carbocycles. The highest BCUT2D eigenvalue weighted by molar-refractivity contribution is 6.05. The average molecular weight is 438 g/mol. The summed E-state index contributed by atoms with van der Waals surface area (Å²) < 4.78 is 0. The second kappa shape index (κ2) is 10.7. The molecule has 0 aliphatic carbocycles. The Morgan fingerprint density at radius 3 is 2.16 bits per heavy atom. The number of rotatable bonds is 9. The first kappa shape index (κ1) is 23.1. The highest BCUT2D eigenvalue weighted by Gasteiger charge is 2.53. The Hall–Kier alpha value is -3.52. The molecule has 0 aromatic heterocycles. The number of aliphatic hydroxyl groups is 1. The van der Waals surface area contributed by atoms with E-state index < -0.39 is 41.9 Å². The van der Waals surface area contributed by atoms with Gasteiger partial charge in [-0.15, -0.1) is 0 Å². The molecule has 2 amide bonds. The van der Waals surface area contributed by atoms with Crippen molar-refractivity contribution in [2.24, 2.45) is 0 Å². The maximum Gasteiger partial charge on any atom is 0.329 e. The van der Waals surface area contributed by atoms with Crippen molar-refractivity contribution in [3.05, 3.63) is 71.8 Å². The third kappa shape index (κ3) is 5.39. The molecular weight excluding hydrogens is 412 g/mol. The highest BCUT2D eigenvalue weighted by atomic mass is 16.4. The summed E-state index contributed by atoms with van der Waals surface area (Å²) in [6.07, 6.45) is -0.469. The number of carboxylic acids is 1. The summed E-state index contributed by atoms with van der Waals surface area (Å²) in [5.41, 5.74) is 1.45. The van der Waals surface area contributed by atoms with Crippen LogP contribution < -0.4 is 5.32 Å². The van der Waals surface area contributed by atoms with Crippen LogP contribution >= 0.6 is 0 Å². The van der Waals surface area contributed by atoms with Gasteiger partial charge in [-0.3, -0.25) is 19.3 Å². The number of benzene rings is 2. The Bertz CT molecular complexity index is 963. The summed E-state index contributed by atoms with van der Waals surface area (Å²) in [5, 5.41) is 22.1. The van der Waals surface area contributed by atoms with Crippen molar-refractivity contribution in [1.82, 2.24) is 10.2 Å². The van der Waals surface area contributed by atoms with Crippen LogP contribution in [0.3, 0.4) is 0 Å². The largest absolute Gasteiger partial charge is 0.480 e. The SMILES string of the molecule is O=C(NC1C(=O)C(O)[C@@H](C(=O)O)N1C(=O)CCCCCc1ccccc1)c1ccccc1. The number of hydrogen-bond acceptors (Lipinski definition) is 5. The standard InChI is InChI=1S/C24H26N2O6/c27-18(15-9-2-6-12-16-10-4-1-5-11-16)26-19(24(31)32)20(28)21(29)22(26)25-23(30)17-13-7-3-8-14-17/h1,3-5,7-8,10-11,13-14,19-20,22,28H,2,6,9,12,15H2,(H,25,30)(H,31,32)/t19-,20?,22?/m0/s1. The number of amides is 2. The maximum atomic E-state index is 12.9. The number of carbonyl (C=O) groups excluding carboxylic acids is 3. The first-order valence-electron chi connectivity index (χ1n) is 10.6. The van der Waals surface area contributed by atoms with E-state index >= 15 is 0 Å². The van der Waals surface area contributed by atoms with Gasteiger partial charge >= 0.3 is 5.97 Å². The van der Waals surface area contributed by atoms with Crippen LogP contribution in [-0.2, 0) is 20.8 Å². The van der Waals surface area contributed by atoms with E-state index in [0.29, 0.717) is 6.42 Å². The third-order valence-corrected chi connectivity index (χ3v) is 5.48.